The average Bonchev–Trinajstić information content (AvgIpc) is 3.07. The van der Waals surface area contributed by atoms with Gasteiger partial charge in [-0.05, 0) is 43.9 Å². The van der Waals surface area contributed by atoms with Crippen LogP contribution in [0.25, 0.3) is 5.65 Å². The van der Waals surface area contributed by atoms with Crippen molar-refractivity contribution in [3.8, 4) is 11.8 Å². The normalized spacial score (nSPS) is 14.7. The SMILES string of the molecule is Cc1nc2c(C#N)c(C(F)F)nn2c2c1Cc1ccc(Cl)cc1OCCCCCN2. The van der Waals surface area contributed by atoms with Crippen LogP contribution in [0, 0.1) is 18.3 Å². The van der Waals surface area contributed by atoms with Crippen LogP contribution in [0.5, 0.6) is 5.75 Å². The number of ether oxygens (including phenoxy) is 1. The Morgan fingerprint density at radius 2 is 2.13 bits per heavy atom. The molecule has 3 heterocycles. The van der Waals surface area contributed by atoms with Crippen LogP contribution in [0.4, 0.5) is 14.6 Å². The lowest BCUT2D eigenvalue weighted by molar-refractivity contribution is 0.145. The molecule has 156 valence electrons. The highest BCUT2D eigenvalue weighted by Crippen LogP contribution is 2.32. The first-order valence-electron chi connectivity index (χ1n) is 9.75. The number of nitrogens with zero attached hydrogens (tertiary/aromatic N) is 4. The smallest absolute Gasteiger partial charge is 0.283 e. The Hall–Kier alpha value is -2.92. The van der Waals surface area contributed by atoms with Crippen molar-refractivity contribution in [2.75, 3.05) is 18.5 Å². The molecular formula is C21H20ClF2N5O. The molecule has 2 aromatic heterocycles. The van der Waals surface area contributed by atoms with E-state index in [9.17, 15) is 14.0 Å². The van der Waals surface area contributed by atoms with Gasteiger partial charge in [0.25, 0.3) is 6.43 Å². The lowest BCUT2D eigenvalue weighted by atomic mass is 10.0. The van der Waals surface area contributed by atoms with Crippen molar-refractivity contribution in [1.29, 1.82) is 5.26 Å². The van der Waals surface area contributed by atoms with E-state index in [4.69, 9.17) is 16.3 Å². The molecule has 0 bridgehead atoms. The summed E-state index contributed by atoms with van der Waals surface area (Å²) in [6, 6.07) is 7.31. The maximum Gasteiger partial charge on any atom is 0.283 e. The molecule has 0 saturated heterocycles. The molecule has 4 rings (SSSR count). The third-order valence-electron chi connectivity index (χ3n) is 5.18. The highest BCUT2D eigenvalue weighted by atomic mass is 35.5. The van der Waals surface area contributed by atoms with Crippen molar-refractivity contribution in [2.24, 2.45) is 0 Å². The van der Waals surface area contributed by atoms with Crippen molar-refractivity contribution in [3.05, 3.63) is 51.3 Å². The van der Waals surface area contributed by atoms with Crippen LogP contribution in [-0.2, 0) is 6.42 Å². The van der Waals surface area contributed by atoms with E-state index < -0.39 is 12.1 Å². The molecule has 1 N–H and O–H groups in total. The van der Waals surface area contributed by atoms with E-state index in [1.165, 1.54) is 4.52 Å². The number of aromatic nitrogens is 3. The highest BCUT2D eigenvalue weighted by molar-refractivity contribution is 6.30. The molecule has 0 spiro atoms. The maximum atomic E-state index is 13.5. The largest absolute Gasteiger partial charge is 0.493 e. The van der Waals surface area contributed by atoms with Gasteiger partial charge in [0.05, 0.1) is 6.61 Å². The number of nitrogens with one attached hydrogen (secondary N) is 1. The van der Waals surface area contributed by atoms with Crippen LogP contribution in [0.15, 0.2) is 18.2 Å². The molecule has 6 nitrogen and oxygen atoms in total. The molecule has 1 aliphatic heterocycles. The average molecular weight is 432 g/mol. The number of aryl methyl sites for hydroxylation is 1. The maximum absolute atomic E-state index is 13.5. The van der Waals surface area contributed by atoms with Crippen molar-refractivity contribution in [3.63, 3.8) is 0 Å². The van der Waals surface area contributed by atoms with Crippen LogP contribution in [0.3, 0.4) is 0 Å². The van der Waals surface area contributed by atoms with Crippen molar-refractivity contribution < 1.29 is 13.5 Å². The number of nitriles is 1. The van der Waals surface area contributed by atoms with Gasteiger partial charge in [0.2, 0.25) is 0 Å². The Balaban J connectivity index is 1.93. The van der Waals surface area contributed by atoms with E-state index in [0.29, 0.717) is 41.9 Å². The number of anilines is 1. The molecule has 0 fully saturated rings. The fraction of sp³-hybridized carbons (Fsp3) is 0.381. The summed E-state index contributed by atoms with van der Waals surface area (Å²) in [5, 5.41) is 17.4. The summed E-state index contributed by atoms with van der Waals surface area (Å²) in [5.41, 5.74) is 1.74. The summed E-state index contributed by atoms with van der Waals surface area (Å²) in [5.74, 6) is 1.27. The number of rotatable bonds is 1. The van der Waals surface area contributed by atoms with Gasteiger partial charge in [-0.15, -0.1) is 0 Å². The molecule has 1 aliphatic rings. The fourth-order valence-electron chi connectivity index (χ4n) is 3.66. The lowest BCUT2D eigenvalue weighted by Crippen LogP contribution is -2.14. The van der Waals surface area contributed by atoms with E-state index in [-0.39, 0.29) is 11.2 Å². The summed E-state index contributed by atoms with van der Waals surface area (Å²) in [6.45, 7) is 3.04. The van der Waals surface area contributed by atoms with Crippen molar-refractivity contribution in [2.45, 2.75) is 39.0 Å². The zero-order valence-corrected chi connectivity index (χ0v) is 17.1. The monoisotopic (exact) mass is 431 g/mol. The number of hydrogen-bond acceptors (Lipinski definition) is 5. The molecule has 0 saturated carbocycles. The molecule has 0 aliphatic carbocycles. The number of hydrogen-bond donors (Lipinski definition) is 1. The van der Waals surface area contributed by atoms with E-state index >= 15 is 0 Å². The second kappa shape index (κ2) is 8.44. The van der Waals surface area contributed by atoms with Gasteiger partial charge in [-0.1, -0.05) is 17.7 Å². The summed E-state index contributed by atoms with van der Waals surface area (Å²) < 4.78 is 34.3. The van der Waals surface area contributed by atoms with Gasteiger partial charge in [-0.3, -0.25) is 0 Å². The van der Waals surface area contributed by atoms with Crippen LogP contribution < -0.4 is 10.1 Å². The molecule has 30 heavy (non-hydrogen) atoms. The van der Waals surface area contributed by atoms with Gasteiger partial charge in [0, 0.05) is 29.2 Å². The molecule has 0 radical (unpaired) electrons. The van der Waals surface area contributed by atoms with Gasteiger partial charge in [-0.25, -0.2) is 13.8 Å². The van der Waals surface area contributed by atoms with Gasteiger partial charge in [-0.2, -0.15) is 14.9 Å². The van der Waals surface area contributed by atoms with Crippen molar-refractivity contribution >= 4 is 23.1 Å². The minimum atomic E-state index is -2.86. The Morgan fingerprint density at radius 3 is 2.90 bits per heavy atom. The van der Waals surface area contributed by atoms with Crippen LogP contribution >= 0.6 is 11.6 Å². The first-order valence-corrected chi connectivity index (χ1v) is 10.1. The van der Waals surface area contributed by atoms with Gasteiger partial charge in [0.15, 0.2) is 5.65 Å². The van der Waals surface area contributed by atoms with Gasteiger partial charge < -0.3 is 10.1 Å². The molecule has 9 heteroatoms. The fourth-order valence-corrected chi connectivity index (χ4v) is 3.82. The summed E-state index contributed by atoms with van der Waals surface area (Å²) in [6.07, 6.45) is 0.300. The van der Waals surface area contributed by atoms with Crippen LogP contribution in [0.2, 0.25) is 5.02 Å². The topological polar surface area (TPSA) is 75.2 Å². The first-order chi connectivity index (χ1) is 14.5. The molecule has 0 unspecified atom stereocenters. The predicted molar refractivity (Wildman–Crippen MR) is 109 cm³/mol. The minimum Gasteiger partial charge on any atom is -0.493 e. The van der Waals surface area contributed by atoms with E-state index in [1.807, 2.05) is 12.1 Å². The van der Waals surface area contributed by atoms with Crippen molar-refractivity contribution in [1.82, 2.24) is 14.6 Å². The number of benzene rings is 1. The lowest BCUT2D eigenvalue weighted by Gasteiger charge is -2.19. The molecule has 0 amide bonds. The number of halogens is 3. The Labute approximate surface area is 177 Å². The van der Waals surface area contributed by atoms with Gasteiger partial charge >= 0.3 is 0 Å². The summed E-state index contributed by atoms with van der Waals surface area (Å²) >= 11 is 6.16. The zero-order valence-electron chi connectivity index (χ0n) is 16.4. The first kappa shape index (κ1) is 20.4. The number of alkyl halides is 2. The second-order valence-electron chi connectivity index (χ2n) is 7.20. The van der Waals surface area contributed by atoms with E-state index in [1.54, 1.807) is 19.1 Å². The Kier molecular flexibility index (Phi) is 5.73. The van der Waals surface area contributed by atoms with Crippen LogP contribution in [-0.4, -0.2) is 27.7 Å². The molecule has 3 aromatic rings. The highest BCUT2D eigenvalue weighted by Gasteiger charge is 2.25. The summed E-state index contributed by atoms with van der Waals surface area (Å²) in [4.78, 5) is 4.46. The third kappa shape index (κ3) is 3.77. The second-order valence-corrected chi connectivity index (χ2v) is 7.63. The van der Waals surface area contributed by atoms with Gasteiger partial charge in [0.1, 0.15) is 28.9 Å². The molecule has 0 atom stereocenters. The third-order valence-corrected chi connectivity index (χ3v) is 5.42. The zero-order chi connectivity index (χ0) is 21.3. The summed E-state index contributed by atoms with van der Waals surface area (Å²) in [7, 11) is 0. The standard InChI is InChI=1S/C21H20ClF2N5O/c1-12-15-9-13-5-6-14(22)10-17(13)30-8-4-2-3-7-26-20(15)29-21(27-12)16(11-25)18(28-29)19(23)24/h5-6,10,19,26H,2-4,7-9H2,1H3. The Bertz CT molecular complexity index is 1140. The number of fused-ring (bicyclic) bond motifs is 4. The van der Waals surface area contributed by atoms with Crippen LogP contribution in [0.1, 0.15) is 53.8 Å². The minimum absolute atomic E-state index is 0.135. The quantitative estimate of drug-likeness (QED) is 0.582. The van der Waals surface area contributed by atoms with E-state index in [2.05, 4.69) is 15.4 Å². The van der Waals surface area contributed by atoms with E-state index in [0.717, 1.165) is 30.4 Å². The molecule has 1 aromatic carbocycles. The Morgan fingerprint density at radius 1 is 1.30 bits per heavy atom. The molecular weight excluding hydrogens is 412 g/mol. The predicted octanol–water partition coefficient (Wildman–Crippen LogP) is 5.07.